The van der Waals surface area contributed by atoms with E-state index in [0.29, 0.717) is 35.2 Å². The molecule has 32 heavy (non-hydrogen) atoms. The number of ether oxygens (including phenoxy) is 1. The third-order valence-electron chi connectivity index (χ3n) is 5.68. The Labute approximate surface area is 192 Å². The fourth-order valence-electron chi connectivity index (χ4n) is 4.23. The van der Waals surface area contributed by atoms with Crippen molar-refractivity contribution in [3.05, 3.63) is 58.4 Å². The Morgan fingerprint density at radius 1 is 1.31 bits per heavy atom. The molecule has 1 amide bonds. The van der Waals surface area contributed by atoms with E-state index in [-0.39, 0.29) is 18.1 Å². The van der Waals surface area contributed by atoms with Crippen LogP contribution in [0.5, 0.6) is 0 Å². The number of nitriles is 1. The highest BCUT2D eigenvalue weighted by molar-refractivity contribution is 8.00. The van der Waals surface area contributed by atoms with Crippen molar-refractivity contribution in [1.29, 1.82) is 5.26 Å². The van der Waals surface area contributed by atoms with Crippen molar-refractivity contribution >= 4 is 29.2 Å². The van der Waals surface area contributed by atoms with E-state index in [4.69, 9.17) is 22.0 Å². The number of pyridine rings is 1. The van der Waals surface area contributed by atoms with Crippen LogP contribution in [0, 0.1) is 17.9 Å². The Balaban J connectivity index is 1.85. The number of benzene rings is 1. The average Bonchev–Trinajstić information content (AvgIpc) is 3.61. The zero-order chi connectivity index (χ0) is 22.8. The van der Waals surface area contributed by atoms with Gasteiger partial charge >= 0.3 is 0 Å². The van der Waals surface area contributed by atoms with Gasteiger partial charge in [0.05, 0.1) is 24.3 Å². The molecule has 1 aliphatic carbocycles. The summed E-state index contributed by atoms with van der Waals surface area (Å²) in [7, 11) is 0. The normalized spacial score (nSPS) is 21.4. The van der Waals surface area contributed by atoms with Crippen LogP contribution in [0.1, 0.15) is 54.5 Å². The first-order chi connectivity index (χ1) is 15.4. The minimum absolute atomic E-state index is 0.00191. The maximum Gasteiger partial charge on any atom is 0.235 e. The van der Waals surface area contributed by atoms with Gasteiger partial charge in [0, 0.05) is 13.1 Å². The maximum absolute atomic E-state index is 12.3. The van der Waals surface area contributed by atoms with Gasteiger partial charge < -0.3 is 15.4 Å². The Morgan fingerprint density at radius 3 is 2.50 bits per heavy atom. The fraction of sp³-hybridized carbons (Fsp3) is 0.417. The topological polar surface area (TPSA) is 96.6 Å². The molecule has 2 aromatic rings. The third-order valence-corrected chi connectivity index (χ3v) is 6.93. The molecule has 1 aromatic carbocycles. The minimum atomic E-state index is -0.683. The summed E-state index contributed by atoms with van der Waals surface area (Å²) >= 11 is 1.19. The number of aromatic nitrogens is 1. The summed E-state index contributed by atoms with van der Waals surface area (Å²) in [5.41, 5.74) is 8.11. The molecule has 2 N–H and O–H groups in total. The van der Waals surface area contributed by atoms with E-state index in [2.05, 4.69) is 15.8 Å². The lowest BCUT2D eigenvalue weighted by atomic mass is 10.0. The molecule has 1 aromatic heterocycles. The van der Waals surface area contributed by atoms with Gasteiger partial charge in [-0.15, -0.1) is 0 Å². The first-order valence-corrected chi connectivity index (χ1v) is 11.6. The van der Waals surface area contributed by atoms with Gasteiger partial charge in [-0.05, 0) is 43.7 Å². The second-order valence-corrected chi connectivity index (χ2v) is 9.44. The molecular weight excluding hydrogens is 422 g/mol. The monoisotopic (exact) mass is 447 g/mol. The van der Waals surface area contributed by atoms with Crippen LogP contribution < -0.4 is 10.6 Å². The number of anilines is 1. The molecule has 1 saturated heterocycles. The van der Waals surface area contributed by atoms with Crippen LogP contribution in [0.15, 0.2) is 35.4 Å². The fourth-order valence-corrected chi connectivity index (χ4v) is 5.28. The summed E-state index contributed by atoms with van der Waals surface area (Å²) in [4.78, 5) is 23.1. The van der Waals surface area contributed by atoms with E-state index >= 15 is 0 Å². The van der Waals surface area contributed by atoms with E-state index in [1.807, 2.05) is 44.2 Å². The van der Waals surface area contributed by atoms with E-state index in [1.54, 1.807) is 0 Å². The van der Waals surface area contributed by atoms with Gasteiger partial charge in [-0.25, -0.2) is 9.83 Å². The maximum atomic E-state index is 12.3. The number of morpholine rings is 1. The van der Waals surface area contributed by atoms with Crippen LogP contribution in [0.2, 0.25) is 0 Å². The molecule has 2 heterocycles. The average molecular weight is 448 g/mol. The number of carbonyl (C=O) groups is 1. The molecule has 8 heteroatoms. The van der Waals surface area contributed by atoms with E-state index in [9.17, 15) is 10.1 Å². The highest BCUT2D eigenvalue weighted by atomic mass is 32.2. The van der Waals surface area contributed by atoms with Crippen LogP contribution >= 0.6 is 11.8 Å². The number of nitrogens with two attached hydrogens (primary N) is 1. The predicted octanol–water partition coefficient (Wildman–Crippen LogP) is 4.31. The van der Waals surface area contributed by atoms with Gasteiger partial charge in [-0.2, -0.15) is 5.26 Å². The molecule has 3 unspecified atom stereocenters. The lowest BCUT2D eigenvalue weighted by Crippen LogP contribution is -2.46. The van der Waals surface area contributed by atoms with Gasteiger partial charge in [0.25, 0.3) is 0 Å². The van der Waals surface area contributed by atoms with Crippen molar-refractivity contribution in [2.75, 3.05) is 18.0 Å². The van der Waals surface area contributed by atoms with Crippen molar-refractivity contribution < 1.29 is 9.53 Å². The largest absolute Gasteiger partial charge is 0.372 e. The molecule has 1 saturated carbocycles. The number of nitrogens with zero attached hydrogens (tertiary/aromatic N) is 4. The van der Waals surface area contributed by atoms with Crippen LogP contribution in [0.3, 0.4) is 0 Å². The standard InChI is InChI=1S/C24H25N5O2S/c1-14-12-29(13-15(2)31-14)23-20(27-3)19(16-9-10-16)18(11-25)24(28-23)32-21(22(26)30)17-7-5-4-6-8-17/h4-8,14-16,21H,9-10,12-13H2,1-2H3,(H2,26,30). The SMILES string of the molecule is [C-]#[N+]c1c(N2CC(C)OC(C)C2)nc(SC(C(N)=O)c2ccccc2)c(C#N)c1C1CC1. The summed E-state index contributed by atoms with van der Waals surface area (Å²) in [5, 5.41) is 9.82. The van der Waals surface area contributed by atoms with Gasteiger partial charge in [-0.3, -0.25) is 4.79 Å². The van der Waals surface area contributed by atoms with Crippen molar-refractivity contribution in [2.45, 2.75) is 55.1 Å². The van der Waals surface area contributed by atoms with Gasteiger partial charge in [0.15, 0.2) is 0 Å². The number of thioether (sulfide) groups is 1. The third kappa shape index (κ3) is 4.43. The molecule has 1 aliphatic heterocycles. The summed E-state index contributed by atoms with van der Waals surface area (Å²) < 4.78 is 5.86. The quantitative estimate of drug-likeness (QED) is 0.523. The molecular formula is C24H25N5O2S. The van der Waals surface area contributed by atoms with Crippen molar-refractivity contribution in [2.24, 2.45) is 5.73 Å². The number of primary amides is 1. The van der Waals surface area contributed by atoms with Crippen molar-refractivity contribution in [3.63, 3.8) is 0 Å². The van der Waals surface area contributed by atoms with Crippen LogP contribution in [-0.4, -0.2) is 36.2 Å². The first-order valence-electron chi connectivity index (χ1n) is 10.7. The number of amides is 1. The second kappa shape index (κ2) is 9.20. The van der Waals surface area contributed by atoms with E-state index in [0.717, 1.165) is 24.0 Å². The van der Waals surface area contributed by atoms with Crippen molar-refractivity contribution in [3.8, 4) is 6.07 Å². The number of carbonyl (C=O) groups excluding carboxylic acids is 1. The molecule has 2 fully saturated rings. The predicted molar refractivity (Wildman–Crippen MR) is 124 cm³/mol. The zero-order valence-electron chi connectivity index (χ0n) is 18.1. The second-order valence-electron chi connectivity index (χ2n) is 8.35. The van der Waals surface area contributed by atoms with E-state index < -0.39 is 11.2 Å². The first kappa shape index (κ1) is 22.1. The number of rotatable bonds is 6. The smallest absolute Gasteiger partial charge is 0.235 e. The molecule has 3 atom stereocenters. The molecule has 0 radical (unpaired) electrons. The summed E-state index contributed by atoms with van der Waals surface area (Å²) in [6.07, 6.45) is 1.88. The van der Waals surface area contributed by atoms with Gasteiger partial charge in [0.2, 0.25) is 11.6 Å². The van der Waals surface area contributed by atoms with Gasteiger partial charge in [0.1, 0.15) is 22.2 Å². The number of hydrogen-bond donors (Lipinski definition) is 1. The van der Waals surface area contributed by atoms with Crippen LogP contribution in [0.25, 0.3) is 4.85 Å². The van der Waals surface area contributed by atoms with Gasteiger partial charge in [-0.1, -0.05) is 42.1 Å². The molecule has 0 bridgehead atoms. The van der Waals surface area contributed by atoms with Crippen LogP contribution in [-0.2, 0) is 9.53 Å². The highest BCUT2D eigenvalue weighted by Gasteiger charge is 2.36. The Kier molecular flexibility index (Phi) is 6.36. The number of hydrogen-bond acceptors (Lipinski definition) is 6. The Hall–Kier alpha value is -3.07. The summed E-state index contributed by atoms with van der Waals surface area (Å²) in [6, 6.07) is 11.5. The van der Waals surface area contributed by atoms with Crippen LogP contribution in [0.4, 0.5) is 11.5 Å². The Morgan fingerprint density at radius 2 is 1.97 bits per heavy atom. The highest BCUT2D eigenvalue weighted by Crippen LogP contribution is 2.51. The lowest BCUT2D eigenvalue weighted by molar-refractivity contribution is -0.117. The molecule has 2 aliphatic rings. The summed E-state index contributed by atoms with van der Waals surface area (Å²) in [6.45, 7) is 13.1. The molecule has 164 valence electrons. The summed E-state index contributed by atoms with van der Waals surface area (Å²) in [5.74, 6) is 0.250. The van der Waals surface area contributed by atoms with E-state index in [1.165, 1.54) is 11.8 Å². The molecule has 7 nitrogen and oxygen atoms in total. The van der Waals surface area contributed by atoms with Crippen molar-refractivity contribution in [1.82, 2.24) is 4.98 Å². The minimum Gasteiger partial charge on any atom is -0.372 e. The lowest BCUT2D eigenvalue weighted by Gasteiger charge is -2.37. The Bertz CT molecular complexity index is 1090. The zero-order valence-corrected chi connectivity index (χ0v) is 18.9. The molecule has 0 spiro atoms. The molecule has 4 rings (SSSR count).